The zero-order valence-corrected chi connectivity index (χ0v) is 25.9. The summed E-state index contributed by atoms with van der Waals surface area (Å²) < 4.78 is 41.4. The Morgan fingerprint density at radius 2 is 1.37 bits per heavy atom. The second-order valence-electron chi connectivity index (χ2n) is 14.1. The van der Waals surface area contributed by atoms with Crippen LogP contribution in [0.2, 0.25) is 0 Å². The lowest BCUT2D eigenvalue weighted by atomic mass is 9.66. The summed E-state index contributed by atoms with van der Waals surface area (Å²) in [6.45, 7) is 5.44. The van der Waals surface area contributed by atoms with Crippen LogP contribution in [0.25, 0.3) is 0 Å². The van der Waals surface area contributed by atoms with Gasteiger partial charge in [0.05, 0.1) is 19.3 Å². The Balaban J connectivity index is 1.00. The molecule has 2 atom stereocenters. The van der Waals surface area contributed by atoms with Crippen molar-refractivity contribution in [2.45, 2.75) is 135 Å². The van der Waals surface area contributed by atoms with Crippen LogP contribution in [0, 0.1) is 47.1 Å². The summed E-state index contributed by atoms with van der Waals surface area (Å²) in [6.07, 6.45) is 26.4. The van der Waals surface area contributed by atoms with Crippen molar-refractivity contribution in [3.63, 3.8) is 0 Å². The van der Waals surface area contributed by atoms with Gasteiger partial charge in [-0.1, -0.05) is 38.0 Å². The van der Waals surface area contributed by atoms with Gasteiger partial charge in [0.15, 0.2) is 11.6 Å². The van der Waals surface area contributed by atoms with E-state index in [-0.39, 0.29) is 11.7 Å². The molecule has 0 aromatic heterocycles. The molecule has 4 aliphatic rings. The fourth-order valence-electron chi connectivity index (χ4n) is 9.06. The Kier molecular flexibility index (Phi) is 11.6. The Hall–Kier alpha value is -1.42. The molecule has 41 heavy (non-hydrogen) atoms. The highest BCUT2D eigenvalue weighted by Crippen LogP contribution is 2.46. The summed E-state index contributed by atoms with van der Waals surface area (Å²) >= 11 is 0. The third kappa shape index (κ3) is 7.95. The summed E-state index contributed by atoms with van der Waals surface area (Å²) in [5, 5.41) is 0. The van der Waals surface area contributed by atoms with E-state index < -0.39 is 11.6 Å². The second-order valence-corrected chi connectivity index (χ2v) is 14.1. The molecule has 0 spiro atoms. The number of allylic oxidation sites excluding steroid dienone is 2. The number of hydrogen-bond acceptors (Lipinski definition) is 2. The Morgan fingerprint density at radius 3 is 1.98 bits per heavy atom. The van der Waals surface area contributed by atoms with Crippen molar-refractivity contribution in [3.05, 3.63) is 41.5 Å². The topological polar surface area (TPSA) is 18.5 Å². The molecule has 2 unspecified atom stereocenters. The zero-order chi connectivity index (χ0) is 28.6. The molecule has 4 heteroatoms. The fourth-order valence-corrected chi connectivity index (χ4v) is 9.06. The molecule has 4 fully saturated rings. The minimum absolute atomic E-state index is 0.0405. The van der Waals surface area contributed by atoms with Crippen LogP contribution in [0.15, 0.2) is 24.3 Å². The molecular weight excluding hydrogens is 514 g/mol. The first-order valence-corrected chi connectivity index (χ1v) is 17.4. The molecule has 0 radical (unpaired) electrons. The lowest BCUT2D eigenvalue weighted by molar-refractivity contribution is -0.0733. The molecule has 3 aliphatic carbocycles. The van der Waals surface area contributed by atoms with Gasteiger partial charge in [0.25, 0.3) is 0 Å². The average molecular weight is 571 g/mol. The van der Waals surface area contributed by atoms with E-state index in [2.05, 4.69) is 19.1 Å². The fraction of sp³-hybridized carbons (Fsp3) is 0.784. The van der Waals surface area contributed by atoms with Crippen LogP contribution in [0.4, 0.5) is 8.78 Å². The van der Waals surface area contributed by atoms with Crippen LogP contribution >= 0.6 is 0 Å². The average Bonchev–Trinajstić information content (AvgIpc) is 3.03. The summed E-state index contributed by atoms with van der Waals surface area (Å²) in [6, 6.07) is 3.37. The van der Waals surface area contributed by atoms with Gasteiger partial charge in [-0.3, -0.25) is 0 Å². The molecule has 3 saturated carbocycles. The lowest BCUT2D eigenvalue weighted by Gasteiger charge is -2.43. The predicted octanol–water partition coefficient (Wildman–Crippen LogP) is 10.8. The van der Waals surface area contributed by atoms with Gasteiger partial charge in [-0.05, 0) is 156 Å². The summed E-state index contributed by atoms with van der Waals surface area (Å²) in [7, 11) is 0. The molecule has 2 nitrogen and oxygen atoms in total. The van der Waals surface area contributed by atoms with Crippen molar-refractivity contribution >= 4 is 0 Å². The van der Waals surface area contributed by atoms with Crippen LogP contribution in [0.1, 0.15) is 134 Å². The van der Waals surface area contributed by atoms with E-state index in [1.165, 1.54) is 77.0 Å². The van der Waals surface area contributed by atoms with Gasteiger partial charge in [-0.15, -0.1) is 0 Å². The van der Waals surface area contributed by atoms with E-state index in [9.17, 15) is 8.78 Å². The van der Waals surface area contributed by atoms with Crippen LogP contribution in [-0.2, 0) is 4.74 Å². The normalized spacial score (nSPS) is 35.0. The molecule has 0 N–H and O–H groups in total. The molecule has 0 amide bonds. The molecule has 1 saturated heterocycles. The number of hydrogen-bond donors (Lipinski definition) is 0. The minimum Gasteiger partial charge on any atom is -0.490 e. The quantitative estimate of drug-likeness (QED) is 0.261. The predicted molar refractivity (Wildman–Crippen MR) is 164 cm³/mol. The highest BCUT2D eigenvalue weighted by molar-refractivity contribution is 5.33. The van der Waals surface area contributed by atoms with Gasteiger partial charge in [0.2, 0.25) is 5.82 Å². The smallest absolute Gasteiger partial charge is 0.200 e. The molecule has 5 rings (SSSR count). The number of ether oxygens (including phenoxy) is 2. The third-order valence-electron chi connectivity index (χ3n) is 11.6. The van der Waals surface area contributed by atoms with Crippen molar-refractivity contribution in [2.75, 3.05) is 13.2 Å². The van der Waals surface area contributed by atoms with E-state index in [0.29, 0.717) is 24.2 Å². The van der Waals surface area contributed by atoms with Crippen LogP contribution in [0.5, 0.6) is 5.75 Å². The Labute approximate surface area is 249 Å². The maximum Gasteiger partial charge on any atom is 0.200 e. The number of benzene rings is 1. The standard InChI is InChI=1S/C37H56F2O2/c1-3-5-6-7-26-8-10-27(11-9-26)28-12-14-29(15-13-28)32-20-22-34(41-25-32)31-18-16-30(17-19-31)33-21-23-35(40-24-4-2)37(39)36(33)38/h3,5,21,23,26-32,34H,4,6-20,22,24-25H2,1-2H3. The Bertz CT molecular complexity index is 944. The zero-order valence-electron chi connectivity index (χ0n) is 25.9. The summed E-state index contributed by atoms with van der Waals surface area (Å²) in [4.78, 5) is 0. The van der Waals surface area contributed by atoms with E-state index in [0.717, 1.165) is 68.3 Å². The first-order valence-electron chi connectivity index (χ1n) is 17.4. The number of halogens is 2. The molecule has 1 heterocycles. The summed E-state index contributed by atoms with van der Waals surface area (Å²) in [5.41, 5.74) is 0.530. The van der Waals surface area contributed by atoms with E-state index in [4.69, 9.17) is 9.47 Å². The SMILES string of the molecule is CC=CCCC1CCC(C2CCC(C3CCC(C4CCC(c5ccc(OCCC)c(F)c5F)CC4)OC3)CC2)CC1. The van der Waals surface area contributed by atoms with Gasteiger partial charge in [-0.25, -0.2) is 4.39 Å². The highest BCUT2D eigenvalue weighted by atomic mass is 19.2. The highest BCUT2D eigenvalue weighted by Gasteiger charge is 2.37. The van der Waals surface area contributed by atoms with Gasteiger partial charge >= 0.3 is 0 Å². The van der Waals surface area contributed by atoms with Crippen LogP contribution < -0.4 is 4.74 Å². The molecule has 0 bridgehead atoms. The van der Waals surface area contributed by atoms with E-state index in [1.807, 2.05) is 6.92 Å². The lowest BCUT2D eigenvalue weighted by Crippen LogP contribution is -2.37. The third-order valence-corrected chi connectivity index (χ3v) is 11.6. The van der Waals surface area contributed by atoms with Crippen molar-refractivity contribution in [1.82, 2.24) is 0 Å². The molecule has 1 aromatic carbocycles. The van der Waals surface area contributed by atoms with Crippen LogP contribution in [0.3, 0.4) is 0 Å². The van der Waals surface area contributed by atoms with Gasteiger partial charge in [0.1, 0.15) is 0 Å². The van der Waals surface area contributed by atoms with Crippen LogP contribution in [-0.4, -0.2) is 19.3 Å². The van der Waals surface area contributed by atoms with Crippen molar-refractivity contribution < 1.29 is 18.3 Å². The van der Waals surface area contributed by atoms with Crippen molar-refractivity contribution in [1.29, 1.82) is 0 Å². The molecule has 230 valence electrons. The summed E-state index contributed by atoms with van der Waals surface area (Å²) in [5.74, 6) is 3.73. The minimum atomic E-state index is -0.822. The maximum absolute atomic E-state index is 14.9. The van der Waals surface area contributed by atoms with Gasteiger partial charge in [0, 0.05) is 0 Å². The number of rotatable bonds is 10. The largest absolute Gasteiger partial charge is 0.490 e. The maximum atomic E-state index is 14.9. The van der Waals surface area contributed by atoms with Gasteiger partial charge in [-0.2, -0.15) is 4.39 Å². The van der Waals surface area contributed by atoms with E-state index in [1.54, 1.807) is 12.1 Å². The molecular formula is C37H56F2O2. The Morgan fingerprint density at radius 1 is 0.756 bits per heavy atom. The molecule has 1 aliphatic heterocycles. The van der Waals surface area contributed by atoms with E-state index >= 15 is 0 Å². The first kappa shape index (κ1) is 31.0. The van der Waals surface area contributed by atoms with Crippen molar-refractivity contribution in [2.24, 2.45) is 35.5 Å². The second kappa shape index (κ2) is 15.3. The first-order chi connectivity index (χ1) is 20.1. The van der Waals surface area contributed by atoms with Gasteiger partial charge < -0.3 is 9.47 Å². The molecule has 1 aromatic rings. The monoisotopic (exact) mass is 570 g/mol. The van der Waals surface area contributed by atoms with Crippen molar-refractivity contribution in [3.8, 4) is 5.75 Å².